The van der Waals surface area contributed by atoms with Gasteiger partial charge in [0.1, 0.15) is 11.6 Å². The Kier molecular flexibility index (Phi) is 6.08. The van der Waals surface area contributed by atoms with Crippen LogP contribution in [0.25, 0.3) is 6.08 Å². The van der Waals surface area contributed by atoms with Crippen LogP contribution in [0.1, 0.15) is 18.6 Å². The summed E-state index contributed by atoms with van der Waals surface area (Å²) in [6.45, 7) is 1.39. The Hall–Kier alpha value is -2.45. The normalized spacial score (nSPS) is 16.1. The number of hydrogen-bond donors (Lipinski definition) is 1. The number of halogens is 1. The van der Waals surface area contributed by atoms with Gasteiger partial charge in [0.05, 0.1) is 11.2 Å². The number of rotatable bonds is 6. The van der Waals surface area contributed by atoms with Gasteiger partial charge in [0, 0.05) is 25.7 Å². The summed E-state index contributed by atoms with van der Waals surface area (Å²) in [5.41, 5.74) is 0. The summed E-state index contributed by atoms with van der Waals surface area (Å²) in [7, 11) is -3.74. The van der Waals surface area contributed by atoms with E-state index in [-0.39, 0.29) is 23.3 Å². The van der Waals surface area contributed by atoms with Gasteiger partial charge in [-0.2, -0.15) is 0 Å². The van der Waals surface area contributed by atoms with Crippen molar-refractivity contribution in [2.24, 2.45) is 5.92 Å². The van der Waals surface area contributed by atoms with Gasteiger partial charge < -0.3 is 9.32 Å². The number of nitrogens with one attached hydrogen (secondary N) is 1. The van der Waals surface area contributed by atoms with Crippen LogP contribution >= 0.6 is 0 Å². The van der Waals surface area contributed by atoms with Crippen LogP contribution in [-0.4, -0.2) is 38.9 Å². The Morgan fingerprint density at radius 1 is 1.26 bits per heavy atom. The zero-order valence-electron chi connectivity index (χ0n) is 14.7. The Morgan fingerprint density at radius 2 is 2.04 bits per heavy atom. The number of carbonyl (C=O) groups excluding carboxylic acids is 1. The van der Waals surface area contributed by atoms with Crippen LogP contribution in [0.3, 0.4) is 0 Å². The fraction of sp³-hybridized carbons (Fsp3) is 0.316. The summed E-state index contributed by atoms with van der Waals surface area (Å²) in [4.78, 5) is 13.8. The van der Waals surface area contributed by atoms with Gasteiger partial charge in [-0.3, -0.25) is 4.79 Å². The molecule has 144 valence electrons. The number of hydrogen-bond acceptors (Lipinski definition) is 4. The van der Waals surface area contributed by atoms with Crippen molar-refractivity contribution in [3.8, 4) is 0 Å². The molecule has 1 aromatic heterocycles. The highest BCUT2D eigenvalue weighted by molar-refractivity contribution is 7.89. The number of furan rings is 1. The Bertz CT molecular complexity index is 902. The molecule has 1 aliphatic rings. The third-order valence-electron chi connectivity index (χ3n) is 4.53. The molecule has 1 aromatic carbocycles. The zero-order valence-corrected chi connectivity index (χ0v) is 15.5. The van der Waals surface area contributed by atoms with E-state index in [9.17, 15) is 17.6 Å². The quantitative estimate of drug-likeness (QED) is 0.767. The number of sulfonamides is 1. The molecule has 0 unspecified atom stereocenters. The van der Waals surface area contributed by atoms with Gasteiger partial charge in [-0.25, -0.2) is 17.5 Å². The molecule has 27 heavy (non-hydrogen) atoms. The smallest absolute Gasteiger partial charge is 0.246 e. The lowest BCUT2D eigenvalue weighted by atomic mass is 9.97. The Morgan fingerprint density at radius 3 is 2.70 bits per heavy atom. The molecule has 1 N–H and O–H groups in total. The molecular formula is C19H21FN2O4S. The van der Waals surface area contributed by atoms with Crippen LogP contribution in [0.4, 0.5) is 4.39 Å². The van der Waals surface area contributed by atoms with Crippen molar-refractivity contribution >= 4 is 22.0 Å². The van der Waals surface area contributed by atoms with Crippen LogP contribution in [0.15, 0.2) is 58.1 Å². The van der Waals surface area contributed by atoms with E-state index < -0.39 is 15.8 Å². The zero-order chi connectivity index (χ0) is 19.3. The van der Waals surface area contributed by atoms with Gasteiger partial charge >= 0.3 is 0 Å². The van der Waals surface area contributed by atoms with Crippen molar-refractivity contribution < 1.29 is 22.0 Å². The lowest BCUT2D eigenvalue weighted by Crippen LogP contribution is -2.40. The monoisotopic (exact) mass is 392 g/mol. The highest BCUT2D eigenvalue weighted by Crippen LogP contribution is 2.18. The molecule has 1 saturated heterocycles. The van der Waals surface area contributed by atoms with Crippen molar-refractivity contribution in [3.05, 3.63) is 60.3 Å². The maximum absolute atomic E-state index is 13.2. The minimum absolute atomic E-state index is 0.0850. The van der Waals surface area contributed by atoms with Crippen molar-refractivity contribution in [1.82, 2.24) is 9.62 Å². The van der Waals surface area contributed by atoms with Crippen molar-refractivity contribution in [2.75, 3.05) is 19.6 Å². The van der Waals surface area contributed by atoms with Crippen LogP contribution in [0.2, 0.25) is 0 Å². The summed E-state index contributed by atoms with van der Waals surface area (Å²) in [5, 5.41) is 0. The van der Waals surface area contributed by atoms with Gasteiger partial charge in [-0.15, -0.1) is 0 Å². The van der Waals surface area contributed by atoms with Gasteiger partial charge in [0.15, 0.2) is 0 Å². The first-order valence-corrected chi connectivity index (χ1v) is 10.2. The standard InChI is InChI=1S/C19H21FN2O4S/c20-16-3-1-5-18(13-16)27(24,25)21-14-15-8-10-22(11-9-15)19(23)7-6-17-4-2-12-26-17/h1-7,12-13,15,21H,8-11,14H2/b7-6+. The van der Waals surface area contributed by atoms with Crippen LogP contribution in [0.5, 0.6) is 0 Å². The number of benzene rings is 1. The second-order valence-corrected chi connectivity index (χ2v) is 8.19. The number of piperidine rings is 1. The Balaban J connectivity index is 1.47. The van der Waals surface area contributed by atoms with Gasteiger partial charge in [-0.1, -0.05) is 6.07 Å². The molecule has 0 spiro atoms. The van der Waals surface area contributed by atoms with E-state index in [0.717, 1.165) is 6.07 Å². The Labute approximate surface area is 157 Å². The number of carbonyl (C=O) groups is 1. The first-order valence-electron chi connectivity index (χ1n) is 8.70. The predicted octanol–water partition coefficient (Wildman–Crippen LogP) is 2.65. The number of nitrogens with zero attached hydrogens (tertiary/aromatic N) is 1. The van der Waals surface area contributed by atoms with Gasteiger partial charge in [0.2, 0.25) is 15.9 Å². The molecule has 0 bridgehead atoms. The molecule has 1 aliphatic heterocycles. The lowest BCUT2D eigenvalue weighted by molar-refractivity contribution is -0.127. The van der Waals surface area contributed by atoms with E-state index in [1.807, 2.05) is 0 Å². The average molecular weight is 392 g/mol. The van der Waals surface area contributed by atoms with E-state index in [1.54, 1.807) is 29.4 Å². The maximum atomic E-state index is 13.2. The molecular weight excluding hydrogens is 371 g/mol. The van der Waals surface area contributed by atoms with E-state index in [4.69, 9.17) is 4.42 Å². The molecule has 1 fully saturated rings. The van der Waals surface area contributed by atoms with E-state index >= 15 is 0 Å². The molecule has 2 aromatic rings. The summed E-state index contributed by atoms with van der Waals surface area (Å²) in [5.74, 6) is 0.0638. The van der Waals surface area contributed by atoms with Crippen LogP contribution < -0.4 is 4.72 Å². The summed E-state index contributed by atoms with van der Waals surface area (Å²) in [6.07, 6.45) is 6.05. The molecule has 0 radical (unpaired) electrons. The molecule has 6 nitrogen and oxygen atoms in total. The molecule has 8 heteroatoms. The summed E-state index contributed by atoms with van der Waals surface area (Å²) >= 11 is 0. The highest BCUT2D eigenvalue weighted by atomic mass is 32.2. The van der Waals surface area contributed by atoms with Crippen LogP contribution in [0, 0.1) is 11.7 Å². The molecule has 2 heterocycles. The minimum atomic E-state index is -3.74. The second-order valence-electron chi connectivity index (χ2n) is 6.43. The predicted molar refractivity (Wildman–Crippen MR) is 98.6 cm³/mol. The molecule has 1 amide bonds. The van der Waals surface area contributed by atoms with E-state index in [2.05, 4.69) is 4.72 Å². The first-order chi connectivity index (χ1) is 12.9. The lowest BCUT2D eigenvalue weighted by Gasteiger charge is -2.31. The van der Waals surface area contributed by atoms with E-state index in [1.165, 1.54) is 24.3 Å². The molecule has 0 atom stereocenters. The largest absolute Gasteiger partial charge is 0.465 e. The van der Waals surface area contributed by atoms with Crippen molar-refractivity contribution in [3.63, 3.8) is 0 Å². The second kappa shape index (κ2) is 8.49. The minimum Gasteiger partial charge on any atom is -0.465 e. The fourth-order valence-corrected chi connectivity index (χ4v) is 4.09. The SMILES string of the molecule is O=C(/C=C/c1ccco1)N1CCC(CNS(=O)(=O)c2cccc(F)c2)CC1. The highest BCUT2D eigenvalue weighted by Gasteiger charge is 2.23. The molecule has 0 saturated carbocycles. The average Bonchev–Trinajstić information content (AvgIpc) is 3.18. The maximum Gasteiger partial charge on any atom is 0.246 e. The van der Waals surface area contributed by atoms with Gasteiger partial charge in [-0.05, 0) is 55.2 Å². The van der Waals surface area contributed by atoms with E-state index in [0.29, 0.717) is 31.7 Å². The topological polar surface area (TPSA) is 79.6 Å². The molecule has 0 aliphatic carbocycles. The number of likely N-dealkylation sites (tertiary alicyclic amines) is 1. The van der Waals surface area contributed by atoms with Crippen molar-refractivity contribution in [1.29, 1.82) is 0 Å². The fourth-order valence-electron chi connectivity index (χ4n) is 2.95. The number of amides is 1. The summed E-state index contributed by atoms with van der Waals surface area (Å²) < 4.78 is 45.4. The van der Waals surface area contributed by atoms with Gasteiger partial charge in [0.25, 0.3) is 0 Å². The van der Waals surface area contributed by atoms with Crippen molar-refractivity contribution in [2.45, 2.75) is 17.7 Å². The van der Waals surface area contributed by atoms with Crippen LogP contribution in [-0.2, 0) is 14.8 Å². The molecule has 3 rings (SSSR count). The summed E-state index contributed by atoms with van der Waals surface area (Å²) in [6, 6.07) is 8.44. The third kappa shape index (κ3) is 5.27. The first kappa shape index (κ1) is 19.3. The third-order valence-corrected chi connectivity index (χ3v) is 5.95.